The van der Waals surface area contributed by atoms with Gasteiger partial charge in [0.25, 0.3) is 0 Å². The maximum absolute atomic E-state index is 10.4. The number of benzene rings is 1. The molecule has 3 atom stereocenters. The molecule has 1 aromatic rings. The molecule has 0 heterocycles. The van der Waals surface area contributed by atoms with Crippen LogP contribution in [0.5, 0.6) is 0 Å². The lowest BCUT2D eigenvalue weighted by atomic mass is 9.73. The van der Waals surface area contributed by atoms with Crippen molar-refractivity contribution in [3.05, 3.63) is 35.4 Å². The van der Waals surface area contributed by atoms with Crippen LogP contribution in [0, 0.1) is 24.7 Å². The van der Waals surface area contributed by atoms with Gasteiger partial charge in [0.05, 0.1) is 6.10 Å². The Labute approximate surface area is 118 Å². The average molecular weight is 260 g/mol. The SMILES string of the molecule is Cc1cccc(CCC(O)C2CC(C)CC(C)C2)c1. The van der Waals surface area contributed by atoms with Crippen LogP contribution in [0.3, 0.4) is 0 Å². The average Bonchev–Trinajstić information content (AvgIpc) is 2.35. The van der Waals surface area contributed by atoms with Crippen LogP contribution in [0.4, 0.5) is 0 Å². The lowest BCUT2D eigenvalue weighted by Crippen LogP contribution is -2.29. The number of aliphatic hydroxyl groups is 1. The Morgan fingerprint density at radius 2 is 1.84 bits per heavy atom. The van der Waals surface area contributed by atoms with Crippen molar-refractivity contribution in [3.8, 4) is 0 Å². The summed E-state index contributed by atoms with van der Waals surface area (Å²) in [6, 6.07) is 8.65. The number of aliphatic hydroxyl groups excluding tert-OH is 1. The minimum atomic E-state index is -0.120. The van der Waals surface area contributed by atoms with E-state index in [0.29, 0.717) is 5.92 Å². The maximum Gasteiger partial charge on any atom is 0.0571 e. The highest BCUT2D eigenvalue weighted by Crippen LogP contribution is 2.35. The van der Waals surface area contributed by atoms with Crippen molar-refractivity contribution in [2.24, 2.45) is 17.8 Å². The van der Waals surface area contributed by atoms with Gasteiger partial charge >= 0.3 is 0 Å². The molecular weight excluding hydrogens is 232 g/mol. The molecule has 0 aromatic heterocycles. The van der Waals surface area contributed by atoms with E-state index in [2.05, 4.69) is 45.0 Å². The summed E-state index contributed by atoms with van der Waals surface area (Å²) in [6.07, 6.45) is 5.54. The summed E-state index contributed by atoms with van der Waals surface area (Å²) in [5.41, 5.74) is 2.67. The molecule has 0 radical (unpaired) electrons. The van der Waals surface area contributed by atoms with E-state index < -0.39 is 0 Å². The Kier molecular flexibility index (Phi) is 5.04. The molecule has 1 saturated carbocycles. The van der Waals surface area contributed by atoms with E-state index in [1.807, 2.05) is 0 Å². The molecule has 1 aliphatic rings. The van der Waals surface area contributed by atoms with Crippen molar-refractivity contribution in [3.63, 3.8) is 0 Å². The van der Waals surface area contributed by atoms with Gasteiger partial charge in [-0.2, -0.15) is 0 Å². The van der Waals surface area contributed by atoms with E-state index in [-0.39, 0.29) is 6.10 Å². The third-order valence-corrected chi connectivity index (χ3v) is 4.57. The first-order chi connectivity index (χ1) is 9.04. The molecule has 1 N–H and O–H groups in total. The van der Waals surface area contributed by atoms with Crippen LogP contribution in [0.1, 0.15) is 50.7 Å². The summed E-state index contributed by atoms with van der Waals surface area (Å²) < 4.78 is 0. The van der Waals surface area contributed by atoms with Crippen LogP contribution in [-0.2, 0) is 6.42 Å². The topological polar surface area (TPSA) is 20.2 Å². The van der Waals surface area contributed by atoms with E-state index in [1.54, 1.807) is 0 Å². The fourth-order valence-electron chi connectivity index (χ4n) is 3.74. The molecule has 0 aliphatic heterocycles. The number of aryl methyl sites for hydroxylation is 2. The van der Waals surface area contributed by atoms with Crippen LogP contribution >= 0.6 is 0 Å². The second kappa shape index (κ2) is 6.56. The molecule has 1 fully saturated rings. The summed E-state index contributed by atoms with van der Waals surface area (Å²) in [5.74, 6) is 2.08. The lowest BCUT2D eigenvalue weighted by Gasteiger charge is -2.34. The molecule has 2 rings (SSSR count). The van der Waals surface area contributed by atoms with E-state index in [4.69, 9.17) is 0 Å². The van der Waals surface area contributed by atoms with Crippen LogP contribution < -0.4 is 0 Å². The van der Waals surface area contributed by atoms with Crippen LogP contribution in [-0.4, -0.2) is 11.2 Å². The highest BCUT2D eigenvalue weighted by molar-refractivity contribution is 5.22. The van der Waals surface area contributed by atoms with E-state index in [0.717, 1.165) is 24.7 Å². The minimum absolute atomic E-state index is 0.120. The standard InChI is InChI=1S/C18H28O/c1-13-5-4-6-16(10-13)7-8-18(19)17-11-14(2)9-15(3)12-17/h4-6,10,14-15,17-19H,7-9,11-12H2,1-3H3. The maximum atomic E-state index is 10.4. The summed E-state index contributed by atoms with van der Waals surface area (Å²) in [4.78, 5) is 0. The fourth-order valence-corrected chi connectivity index (χ4v) is 3.74. The zero-order chi connectivity index (χ0) is 13.8. The Bertz CT molecular complexity index is 388. The third-order valence-electron chi connectivity index (χ3n) is 4.57. The Hall–Kier alpha value is -0.820. The largest absolute Gasteiger partial charge is 0.393 e. The zero-order valence-electron chi connectivity index (χ0n) is 12.6. The summed E-state index contributed by atoms with van der Waals surface area (Å²) in [6.45, 7) is 6.79. The lowest BCUT2D eigenvalue weighted by molar-refractivity contribution is 0.0500. The number of hydrogen-bond donors (Lipinski definition) is 1. The minimum Gasteiger partial charge on any atom is -0.393 e. The van der Waals surface area contributed by atoms with Gasteiger partial charge in [-0.05, 0) is 62.3 Å². The molecule has 1 heteroatoms. The molecular formula is C18H28O. The van der Waals surface area contributed by atoms with Crippen molar-refractivity contribution in [1.82, 2.24) is 0 Å². The van der Waals surface area contributed by atoms with Gasteiger partial charge in [-0.1, -0.05) is 43.7 Å². The Balaban J connectivity index is 1.85. The van der Waals surface area contributed by atoms with Crippen molar-refractivity contribution >= 4 is 0 Å². The number of rotatable bonds is 4. The van der Waals surface area contributed by atoms with E-state index >= 15 is 0 Å². The first-order valence-electron chi connectivity index (χ1n) is 7.78. The van der Waals surface area contributed by atoms with Crippen LogP contribution in [0.2, 0.25) is 0 Å². The normalized spacial score (nSPS) is 29.2. The summed E-state index contributed by atoms with van der Waals surface area (Å²) >= 11 is 0. The highest BCUT2D eigenvalue weighted by atomic mass is 16.3. The first kappa shape index (κ1) is 14.6. The Morgan fingerprint density at radius 3 is 2.47 bits per heavy atom. The van der Waals surface area contributed by atoms with E-state index in [9.17, 15) is 5.11 Å². The predicted octanol–water partition coefficient (Wildman–Crippen LogP) is 4.36. The van der Waals surface area contributed by atoms with Gasteiger partial charge in [-0.15, -0.1) is 0 Å². The predicted molar refractivity (Wildman–Crippen MR) is 81.2 cm³/mol. The van der Waals surface area contributed by atoms with Gasteiger partial charge in [0.15, 0.2) is 0 Å². The highest BCUT2D eigenvalue weighted by Gasteiger charge is 2.28. The molecule has 0 amide bonds. The van der Waals surface area contributed by atoms with Gasteiger partial charge < -0.3 is 5.11 Å². The molecule has 1 aromatic carbocycles. The zero-order valence-corrected chi connectivity index (χ0v) is 12.6. The van der Waals surface area contributed by atoms with Crippen molar-refractivity contribution in [1.29, 1.82) is 0 Å². The third kappa shape index (κ3) is 4.35. The second-order valence-electron chi connectivity index (χ2n) is 6.77. The fraction of sp³-hybridized carbons (Fsp3) is 0.667. The van der Waals surface area contributed by atoms with Gasteiger partial charge in [-0.3, -0.25) is 0 Å². The molecule has 0 bridgehead atoms. The smallest absolute Gasteiger partial charge is 0.0571 e. The van der Waals surface area contributed by atoms with Gasteiger partial charge in [0, 0.05) is 0 Å². The monoisotopic (exact) mass is 260 g/mol. The summed E-state index contributed by atoms with van der Waals surface area (Å²) in [7, 11) is 0. The van der Waals surface area contributed by atoms with Crippen molar-refractivity contribution < 1.29 is 5.11 Å². The van der Waals surface area contributed by atoms with Crippen molar-refractivity contribution in [2.75, 3.05) is 0 Å². The molecule has 1 nitrogen and oxygen atoms in total. The molecule has 3 unspecified atom stereocenters. The van der Waals surface area contributed by atoms with Gasteiger partial charge in [-0.25, -0.2) is 0 Å². The van der Waals surface area contributed by atoms with Crippen LogP contribution in [0.25, 0.3) is 0 Å². The second-order valence-corrected chi connectivity index (χ2v) is 6.77. The van der Waals surface area contributed by atoms with Gasteiger partial charge in [0.2, 0.25) is 0 Å². The Morgan fingerprint density at radius 1 is 1.16 bits per heavy atom. The molecule has 19 heavy (non-hydrogen) atoms. The number of hydrogen-bond acceptors (Lipinski definition) is 1. The molecule has 0 saturated heterocycles. The molecule has 106 valence electrons. The van der Waals surface area contributed by atoms with E-state index in [1.165, 1.54) is 30.4 Å². The molecule has 1 aliphatic carbocycles. The summed E-state index contributed by atoms with van der Waals surface area (Å²) in [5, 5.41) is 10.4. The molecule has 0 spiro atoms. The first-order valence-corrected chi connectivity index (χ1v) is 7.78. The van der Waals surface area contributed by atoms with Crippen LogP contribution in [0.15, 0.2) is 24.3 Å². The van der Waals surface area contributed by atoms with Gasteiger partial charge in [0.1, 0.15) is 0 Å². The van der Waals surface area contributed by atoms with Crippen molar-refractivity contribution in [2.45, 2.75) is 59.0 Å². The quantitative estimate of drug-likeness (QED) is 0.852.